The molecule has 10 heteroatoms. The number of alkyl halides is 3. The van der Waals surface area contributed by atoms with Gasteiger partial charge < -0.3 is 4.74 Å². The van der Waals surface area contributed by atoms with Gasteiger partial charge in [-0.3, -0.25) is 15.0 Å². The minimum atomic E-state index is -2.87. The summed E-state index contributed by atoms with van der Waals surface area (Å²) >= 11 is 1.68. The summed E-state index contributed by atoms with van der Waals surface area (Å²) < 4.78 is 44.9. The lowest BCUT2D eigenvalue weighted by atomic mass is 10.3. The zero-order valence-corrected chi connectivity index (χ0v) is 12.9. The molecule has 1 aromatic carbocycles. The van der Waals surface area contributed by atoms with Crippen molar-refractivity contribution in [3.63, 3.8) is 0 Å². The summed E-state index contributed by atoms with van der Waals surface area (Å²) in [5.74, 6) is 4.47. The maximum Gasteiger partial charge on any atom is 0.331 e. The van der Waals surface area contributed by atoms with E-state index in [1.807, 2.05) is 5.43 Å². The average molecular weight is 416 g/mol. The van der Waals surface area contributed by atoms with Crippen molar-refractivity contribution < 1.29 is 17.9 Å². The van der Waals surface area contributed by atoms with Crippen LogP contribution in [0.3, 0.4) is 0 Å². The number of fused-ring (bicyclic) bond motifs is 1. The lowest BCUT2D eigenvalue weighted by molar-refractivity contribution is -0.0953. The van der Waals surface area contributed by atoms with Gasteiger partial charge in [-0.1, -0.05) is 0 Å². The van der Waals surface area contributed by atoms with E-state index in [9.17, 15) is 18.0 Å². The van der Waals surface area contributed by atoms with E-state index < -0.39 is 28.4 Å². The van der Waals surface area contributed by atoms with Crippen molar-refractivity contribution in [2.75, 3.05) is 0 Å². The van der Waals surface area contributed by atoms with Crippen LogP contribution in [-0.4, -0.2) is 21.8 Å². The molecular weight excluding hydrogens is 404 g/mol. The highest BCUT2D eigenvalue weighted by Gasteiger charge is 2.26. The minimum absolute atomic E-state index is 0.333. The van der Waals surface area contributed by atoms with Crippen molar-refractivity contribution in [1.29, 1.82) is 0 Å². The number of benzene rings is 1. The van der Waals surface area contributed by atoms with Gasteiger partial charge in [0.05, 0.1) is 11.0 Å². The summed E-state index contributed by atoms with van der Waals surface area (Å²) in [6, 6.07) is 3.74. The Morgan fingerprint density at radius 2 is 2.05 bits per heavy atom. The first-order valence-electron chi connectivity index (χ1n) is 5.77. The Hall–Kier alpha value is -1.11. The third-order valence-electron chi connectivity index (χ3n) is 2.91. The molecule has 6 nitrogen and oxygen atoms in total. The Kier molecular flexibility index (Phi) is 4.91. The van der Waals surface area contributed by atoms with Gasteiger partial charge in [-0.05, 0) is 40.8 Å². The van der Waals surface area contributed by atoms with E-state index in [2.05, 4.69) is 0 Å². The number of nitrogens with one attached hydrogen (secondary N) is 1. The number of nitrogens with two attached hydrogens (primary N) is 1. The Morgan fingerprint density at radius 1 is 1.38 bits per heavy atom. The van der Waals surface area contributed by atoms with Crippen LogP contribution in [0.5, 0.6) is 0 Å². The first-order valence-corrected chi connectivity index (χ1v) is 7.01. The number of hydrazine groups is 1. The maximum absolute atomic E-state index is 13.2. The van der Waals surface area contributed by atoms with E-state index in [0.717, 1.165) is 4.57 Å². The normalized spacial score (nSPS) is 14.8. The van der Waals surface area contributed by atoms with Gasteiger partial charge in [0.1, 0.15) is 5.82 Å². The van der Waals surface area contributed by atoms with Crippen LogP contribution in [0.2, 0.25) is 0 Å². The highest BCUT2D eigenvalue weighted by Crippen LogP contribution is 2.25. The van der Waals surface area contributed by atoms with Crippen molar-refractivity contribution in [2.45, 2.75) is 16.9 Å². The van der Waals surface area contributed by atoms with Crippen LogP contribution in [0.25, 0.3) is 11.0 Å². The van der Waals surface area contributed by atoms with Crippen LogP contribution in [0.15, 0.2) is 23.0 Å². The molecule has 0 aliphatic carbocycles. The Bertz CT molecular complexity index is 703. The molecule has 2 unspecified atom stereocenters. The molecule has 0 aliphatic rings. The van der Waals surface area contributed by atoms with Gasteiger partial charge in [-0.25, -0.2) is 23.4 Å². The molecule has 1 heterocycles. The number of ether oxygens (including phenoxy) is 1. The second kappa shape index (κ2) is 6.34. The quantitative estimate of drug-likeness (QED) is 0.255. The second-order valence-electron chi connectivity index (χ2n) is 4.19. The highest BCUT2D eigenvalue weighted by atomic mass is 127. The molecule has 0 amide bonds. The summed E-state index contributed by atoms with van der Waals surface area (Å²) in [5.41, 5.74) is 2.01. The summed E-state index contributed by atoms with van der Waals surface area (Å²) in [7, 11) is 1.45. The third kappa shape index (κ3) is 3.07. The van der Waals surface area contributed by atoms with Crippen LogP contribution in [0, 0.1) is 5.82 Å². The van der Waals surface area contributed by atoms with E-state index in [0.29, 0.717) is 11.0 Å². The Balaban J connectivity index is 2.46. The topological polar surface area (TPSA) is 74.2 Å². The fourth-order valence-corrected chi connectivity index (χ4v) is 2.74. The van der Waals surface area contributed by atoms with Gasteiger partial charge in [-0.2, -0.15) is 0 Å². The molecule has 2 rings (SSSR count). The molecular formula is C11H12F3IN4O2. The van der Waals surface area contributed by atoms with Gasteiger partial charge in [0, 0.05) is 7.05 Å². The SMILES string of the molecule is Cn1c(=O)n(C(I)OC(NN)C(F)F)c2ccc(F)cc21. The molecule has 0 radical (unpaired) electrons. The second-order valence-corrected chi connectivity index (χ2v) is 5.26. The predicted molar refractivity (Wildman–Crippen MR) is 78.4 cm³/mol. The zero-order valence-electron chi connectivity index (χ0n) is 10.8. The van der Waals surface area contributed by atoms with Crippen LogP contribution >= 0.6 is 22.6 Å². The largest absolute Gasteiger partial charge is 0.331 e. The maximum atomic E-state index is 13.2. The highest BCUT2D eigenvalue weighted by molar-refractivity contribution is 14.1. The Labute approximate surface area is 130 Å². The molecule has 0 saturated carbocycles. The van der Waals surface area contributed by atoms with Gasteiger partial charge in [-0.15, -0.1) is 0 Å². The van der Waals surface area contributed by atoms with Gasteiger partial charge in [0.2, 0.25) is 0 Å². The number of imidazole rings is 1. The standard InChI is InChI=1S/C11H12F3IN4O2/c1-18-7-4-5(12)2-3-6(7)19(11(18)20)10(15)21-9(17-16)8(13)14/h2-4,8-10,17H,16H2,1H3. The van der Waals surface area contributed by atoms with Crippen molar-refractivity contribution in [3.8, 4) is 0 Å². The first kappa shape index (κ1) is 16.3. The predicted octanol–water partition coefficient (Wildman–Crippen LogP) is 1.44. The molecule has 0 bridgehead atoms. The van der Waals surface area contributed by atoms with Crippen LogP contribution in [-0.2, 0) is 11.8 Å². The molecule has 3 N–H and O–H groups in total. The number of nitrogens with zero attached hydrogens (tertiary/aromatic N) is 2. The summed E-state index contributed by atoms with van der Waals surface area (Å²) in [5, 5.41) is 0. The number of hydrogen-bond donors (Lipinski definition) is 2. The van der Waals surface area contributed by atoms with Crippen LogP contribution < -0.4 is 17.0 Å². The van der Waals surface area contributed by atoms with E-state index >= 15 is 0 Å². The van der Waals surface area contributed by atoms with E-state index in [1.54, 1.807) is 22.6 Å². The van der Waals surface area contributed by atoms with E-state index in [-0.39, 0.29) is 0 Å². The van der Waals surface area contributed by atoms with Gasteiger partial charge in [0.25, 0.3) is 6.43 Å². The van der Waals surface area contributed by atoms with Gasteiger partial charge >= 0.3 is 5.69 Å². The summed E-state index contributed by atoms with van der Waals surface area (Å²) in [4.78, 5) is 12.2. The van der Waals surface area contributed by atoms with E-state index in [4.69, 9.17) is 10.6 Å². The van der Waals surface area contributed by atoms with Crippen molar-refractivity contribution in [3.05, 3.63) is 34.5 Å². The molecule has 2 aromatic rings. The summed E-state index contributed by atoms with van der Waals surface area (Å²) in [6.45, 7) is 0. The molecule has 0 saturated heterocycles. The smallest absolute Gasteiger partial charge is 0.323 e. The molecule has 0 spiro atoms. The monoisotopic (exact) mass is 416 g/mol. The van der Waals surface area contributed by atoms with Gasteiger partial charge in [0.15, 0.2) is 10.5 Å². The average Bonchev–Trinajstić information content (AvgIpc) is 2.68. The van der Waals surface area contributed by atoms with E-state index in [1.165, 1.54) is 29.8 Å². The molecule has 0 fully saturated rings. The first-order chi connectivity index (χ1) is 9.86. The van der Waals surface area contributed by atoms with Crippen LogP contribution in [0.1, 0.15) is 4.23 Å². The number of rotatable bonds is 5. The molecule has 1 aromatic heterocycles. The fourth-order valence-electron chi connectivity index (χ4n) is 1.89. The zero-order chi connectivity index (χ0) is 15.7. The third-order valence-corrected chi connectivity index (χ3v) is 3.76. The number of aromatic nitrogens is 2. The van der Waals surface area contributed by atoms with Crippen molar-refractivity contribution in [2.24, 2.45) is 12.9 Å². The number of hydrogen-bond acceptors (Lipinski definition) is 4. The molecule has 2 atom stereocenters. The number of aryl methyl sites for hydroxylation is 1. The number of halogens is 4. The molecule has 21 heavy (non-hydrogen) atoms. The Morgan fingerprint density at radius 3 is 2.62 bits per heavy atom. The molecule has 0 aliphatic heterocycles. The van der Waals surface area contributed by atoms with Crippen molar-refractivity contribution in [1.82, 2.24) is 14.6 Å². The van der Waals surface area contributed by atoms with Crippen LogP contribution in [0.4, 0.5) is 13.2 Å². The lowest BCUT2D eigenvalue weighted by Crippen LogP contribution is -2.44. The van der Waals surface area contributed by atoms with Crippen molar-refractivity contribution >= 4 is 33.6 Å². The minimum Gasteiger partial charge on any atom is -0.323 e. The molecule has 116 valence electrons. The lowest BCUT2D eigenvalue weighted by Gasteiger charge is -2.20. The summed E-state index contributed by atoms with van der Waals surface area (Å²) in [6.07, 6.45) is -4.59. The fraction of sp³-hybridized carbons (Fsp3) is 0.364.